The second-order valence-corrected chi connectivity index (χ2v) is 4.62. The molecule has 1 atom stereocenters. The van der Waals surface area contributed by atoms with Gasteiger partial charge >= 0.3 is 0 Å². The van der Waals surface area contributed by atoms with E-state index >= 15 is 0 Å². The normalized spacial score (nSPS) is 12.2. The van der Waals surface area contributed by atoms with Crippen LogP contribution in [-0.2, 0) is 0 Å². The fourth-order valence-corrected chi connectivity index (χ4v) is 1.91. The molecule has 0 aliphatic rings. The molecule has 1 aromatic rings. The minimum atomic E-state index is -0.584. The molecule has 0 fully saturated rings. The predicted octanol–water partition coefficient (Wildman–Crippen LogP) is 1.97. The maximum absolute atomic E-state index is 9.95. The SMILES string of the molecule is CCCN(CC#N)CC(O)COc1ccccc1C. The van der Waals surface area contributed by atoms with E-state index in [0.29, 0.717) is 13.1 Å². The van der Waals surface area contributed by atoms with Crippen LogP contribution < -0.4 is 4.74 Å². The summed E-state index contributed by atoms with van der Waals surface area (Å²) in [5, 5.41) is 18.7. The number of aliphatic hydroxyl groups is 1. The Balaban J connectivity index is 2.40. The van der Waals surface area contributed by atoms with Crippen molar-refractivity contribution in [3.05, 3.63) is 29.8 Å². The number of para-hydroxylation sites is 1. The van der Waals surface area contributed by atoms with Crippen LogP contribution in [0.25, 0.3) is 0 Å². The second-order valence-electron chi connectivity index (χ2n) is 4.62. The highest BCUT2D eigenvalue weighted by atomic mass is 16.5. The topological polar surface area (TPSA) is 56.5 Å². The Kier molecular flexibility index (Phi) is 6.94. The predicted molar refractivity (Wildman–Crippen MR) is 75.0 cm³/mol. The molecule has 104 valence electrons. The van der Waals surface area contributed by atoms with Gasteiger partial charge in [0.25, 0.3) is 0 Å². The number of benzene rings is 1. The van der Waals surface area contributed by atoms with E-state index in [9.17, 15) is 5.11 Å². The summed E-state index contributed by atoms with van der Waals surface area (Å²) >= 11 is 0. The van der Waals surface area contributed by atoms with E-state index in [2.05, 4.69) is 13.0 Å². The molecule has 1 rings (SSSR count). The number of hydrogen-bond donors (Lipinski definition) is 1. The molecule has 4 heteroatoms. The van der Waals surface area contributed by atoms with Crippen LogP contribution in [0.4, 0.5) is 0 Å². The van der Waals surface area contributed by atoms with Crippen molar-refractivity contribution in [1.29, 1.82) is 5.26 Å². The van der Waals surface area contributed by atoms with Crippen molar-refractivity contribution in [2.45, 2.75) is 26.4 Å². The van der Waals surface area contributed by atoms with Gasteiger partial charge in [-0.3, -0.25) is 4.90 Å². The zero-order valence-corrected chi connectivity index (χ0v) is 11.7. The maximum atomic E-state index is 9.95. The first-order valence-corrected chi connectivity index (χ1v) is 6.63. The highest BCUT2D eigenvalue weighted by Gasteiger charge is 2.12. The quantitative estimate of drug-likeness (QED) is 0.728. The smallest absolute Gasteiger partial charge is 0.122 e. The maximum Gasteiger partial charge on any atom is 0.122 e. The van der Waals surface area contributed by atoms with Gasteiger partial charge < -0.3 is 9.84 Å². The third kappa shape index (κ3) is 5.73. The second kappa shape index (κ2) is 8.52. The summed E-state index contributed by atoms with van der Waals surface area (Å²) in [6, 6.07) is 9.84. The number of ether oxygens (including phenoxy) is 1. The molecule has 0 saturated heterocycles. The van der Waals surface area contributed by atoms with Gasteiger partial charge in [-0.25, -0.2) is 0 Å². The van der Waals surface area contributed by atoms with E-state index in [1.54, 1.807) is 0 Å². The van der Waals surface area contributed by atoms with Crippen LogP contribution in [0.1, 0.15) is 18.9 Å². The van der Waals surface area contributed by atoms with E-state index in [1.807, 2.05) is 36.1 Å². The lowest BCUT2D eigenvalue weighted by atomic mass is 10.2. The molecule has 0 aliphatic heterocycles. The lowest BCUT2D eigenvalue weighted by Gasteiger charge is -2.22. The zero-order valence-electron chi connectivity index (χ0n) is 11.7. The van der Waals surface area contributed by atoms with Crippen LogP contribution in [0.3, 0.4) is 0 Å². The van der Waals surface area contributed by atoms with Crippen molar-refractivity contribution in [2.24, 2.45) is 0 Å². The molecule has 1 N–H and O–H groups in total. The van der Waals surface area contributed by atoms with Crippen LogP contribution >= 0.6 is 0 Å². The van der Waals surface area contributed by atoms with Gasteiger partial charge in [0.15, 0.2) is 0 Å². The van der Waals surface area contributed by atoms with Gasteiger partial charge in [0.2, 0.25) is 0 Å². The summed E-state index contributed by atoms with van der Waals surface area (Å²) in [4.78, 5) is 1.94. The van der Waals surface area contributed by atoms with Gasteiger partial charge in [0, 0.05) is 6.54 Å². The Morgan fingerprint density at radius 2 is 2.16 bits per heavy atom. The molecule has 4 nitrogen and oxygen atoms in total. The van der Waals surface area contributed by atoms with Crippen LogP contribution in [-0.4, -0.2) is 42.4 Å². The fraction of sp³-hybridized carbons (Fsp3) is 0.533. The van der Waals surface area contributed by atoms with Crippen molar-refractivity contribution in [3.8, 4) is 11.8 Å². The molecule has 0 bridgehead atoms. The summed E-state index contributed by atoms with van der Waals surface area (Å²) < 4.78 is 5.60. The van der Waals surface area contributed by atoms with Gasteiger partial charge in [0.1, 0.15) is 18.5 Å². The number of aliphatic hydroxyl groups excluding tert-OH is 1. The molecule has 1 unspecified atom stereocenters. The highest BCUT2D eigenvalue weighted by molar-refractivity contribution is 5.31. The van der Waals surface area contributed by atoms with Crippen molar-refractivity contribution >= 4 is 0 Å². The molecule has 0 heterocycles. The zero-order chi connectivity index (χ0) is 14.1. The number of nitrogens with zero attached hydrogens (tertiary/aromatic N) is 2. The van der Waals surface area contributed by atoms with Crippen LogP contribution in [0.5, 0.6) is 5.75 Å². The van der Waals surface area contributed by atoms with Crippen LogP contribution in [0.2, 0.25) is 0 Å². The Morgan fingerprint density at radius 1 is 1.42 bits per heavy atom. The van der Waals surface area contributed by atoms with Gasteiger partial charge in [0.05, 0.1) is 12.6 Å². The molecule has 0 amide bonds. The lowest BCUT2D eigenvalue weighted by Crippen LogP contribution is -2.36. The van der Waals surface area contributed by atoms with E-state index in [0.717, 1.165) is 24.3 Å². The standard InChI is InChI=1S/C15H22N2O2/c1-3-9-17(10-8-16)11-14(18)12-19-15-7-5-4-6-13(15)2/h4-7,14,18H,3,9-12H2,1-2H3. The van der Waals surface area contributed by atoms with E-state index in [4.69, 9.17) is 10.00 Å². The average molecular weight is 262 g/mol. The molecule has 0 aromatic heterocycles. The first kappa shape index (κ1) is 15.5. The Labute approximate surface area is 115 Å². The monoisotopic (exact) mass is 262 g/mol. The molecule has 19 heavy (non-hydrogen) atoms. The summed E-state index contributed by atoms with van der Waals surface area (Å²) in [6.07, 6.45) is 0.382. The number of rotatable bonds is 8. The molecule has 1 aromatic carbocycles. The summed E-state index contributed by atoms with van der Waals surface area (Å²) in [6.45, 7) is 5.90. The van der Waals surface area contributed by atoms with Gasteiger partial charge in [-0.1, -0.05) is 25.1 Å². The van der Waals surface area contributed by atoms with Crippen LogP contribution in [0, 0.1) is 18.3 Å². The van der Waals surface area contributed by atoms with Crippen molar-refractivity contribution in [1.82, 2.24) is 4.90 Å². The van der Waals surface area contributed by atoms with Crippen molar-refractivity contribution in [2.75, 3.05) is 26.2 Å². The number of aryl methyl sites for hydroxylation is 1. The molecule has 0 saturated carbocycles. The first-order chi connectivity index (χ1) is 9.17. The first-order valence-electron chi connectivity index (χ1n) is 6.63. The summed E-state index contributed by atoms with van der Waals surface area (Å²) in [5.41, 5.74) is 1.05. The number of nitriles is 1. The van der Waals surface area contributed by atoms with Crippen LogP contribution in [0.15, 0.2) is 24.3 Å². The van der Waals surface area contributed by atoms with E-state index < -0.39 is 6.10 Å². The third-order valence-electron chi connectivity index (χ3n) is 2.83. The fourth-order valence-electron chi connectivity index (χ4n) is 1.91. The van der Waals surface area contributed by atoms with Gasteiger partial charge in [-0.15, -0.1) is 0 Å². The summed E-state index contributed by atoms with van der Waals surface area (Å²) in [5.74, 6) is 0.795. The minimum absolute atomic E-state index is 0.247. The van der Waals surface area contributed by atoms with Crippen molar-refractivity contribution in [3.63, 3.8) is 0 Å². The van der Waals surface area contributed by atoms with Gasteiger partial charge in [-0.05, 0) is 31.5 Å². The Morgan fingerprint density at radius 3 is 2.79 bits per heavy atom. The molecule has 0 spiro atoms. The molecular formula is C15H22N2O2. The summed E-state index contributed by atoms with van der Waals surface area (Å²) in [7, 11) is 0. The van der Waals surface area contributed by atoms with E-state index in [1.165, 1.54) is 0 Å². The van der Waals surface area contributed by atoms with E-state index in [-0.39, 0.29) is 6.61 Å². The lowest BCUT2D eigenvalue weighted by molar-refractivity contribution is 0.0722. The molecular weight excluding hydrogens is 240 g/mol. The molecule has 0 aliphatic carbocycles. The minimum Gasteiger partial charge on any atom is -0.491 e. The van der Waals surface area contributed by atoms with Gasteiger partial charge in [-0.2, -0.15) is 5.26 Å². The molecule has 0 radical (unpaired) electrons. The van der Waals surface area contributed by atoms with Crippen molar-refractivity contribution < 1.29 is 9.84 Å². The number of hydrogen-bond acceptors (Lipinski definition) is 4. The Hall–Kier alpha value is -1.57. The Bertz CT molecular complexity index is 415. The highest BCUT2D eigenvalue weighted by Crippen LogP contribution is 2.16. The third-order valence-corrected chi connectivity index (χ3v) is 2.83. The largest absolute Gasteiger partial charge is 0.491 e. The average Bonchev–Trinajstić information content (AvgIpc) is 2.38.